The number of aryl methyl sites for hydroxylation is 1. The second-order valence-corrected chi connectivity index (χ2v) is 5.43. The normalized spacial score (nSPS) is 12.1. The Labute approximate surface area is 142 Å². The molecule has 4 nitrogen and oxygen atoms in total. The maximum atomic E-state index is 11.6. The number of aliphatic hydroxyl groups is 1. The van der Waals surface area contributed by atoms with Crippen LogP contribution in [-0.2, 0) is 9.53 Å². The third kappa shape index (κ3) is 6.26. The van der Waals surface area contributed by atoms with Gasteiger partial charge in [-0.15, -0.1) is 0 Å². The molecule has 0 saturated carbocycles. The van der Waals surface area contributed by atoms with E-state index in [0.29, 0.717) is 6.42 Å². The molecule has 24 heavy (non-hydrogen) atoms. The predicted octanol–water partition coefficient (Wildman–Crippen LogP) is 3.38. The average Bonchev–Trinajstić information content (AvgIpc) is 2.60. The highest BCUT2D eigenvalue weighted by molar-refractivity contribution is 5.86. The summed E-state index contributed by atoms with van der Waals surface area (Å²) in [5, 5.41) is 9.89. The van der Waals surface area contributed by atoms with Gasteiger partial charge in [0.1, 0.15) is 12.4 Å². The second kappa shape index (κ2) is 9.53. The van der Waals surface area contributed by atoms with Gasteiger partial charge in [0.25, 0.3) is 0 Å². The Kier molecular flexibility index (Phi) is 7.05. The number of carbonyl (C=O) groups is 1. The molecular formula is C20H22O4. The van der Waals surface area contributed by atoms with Crippen molar-refractivity contribution in [3.8, 4) is 5.75 Å². The van der Waals surface area contributed by atoms with Crippen LogP contribution in [0.15, 0.2) is 60.7 Å². The van der Waals surface area contributed by atoms with Gasteiger partial charge in [0, 0.05) is 12.5 Å². The largest absolute Gasteiger partial charge is 0.491 e. The van der Waals surface area contributed by atoms with Gasteiger partial charge in [-0.05, 0) is 30.2 Å². The minimum Gasteiger partial charge on any atom is -0.491 e. The minimum absolute atomic E-state index is 0.149. The number of esters is 1. The van der Waals surface area contributed by atoms with Crippen LogP contribution in [0.4, 0.5) is 0 Å². The summed E-state index contributed by atoms with van der Waals surface area (Å²) in [6, 6.07) is 17.1. The molecule has 0 aliphatic rings. The molecule has 0 amide bonds. The van der Waals surface area contributed by atoms with Crippen LogP contribution >= 0.6 is 0 Å². The molecule has 0 radical (unpaired) electrons. The zero-order valence-electron chi connectivity index (χ0n) is 13.7. The van der Waals surface area contributed by atoms with Gasteiger partial charge in [-0.25, -0.2) is 4.79 Å². The molecule has 4 heteroatoms. The van der Waals surface area contributed by atoms with Crippen LogP contribution in [0.3, 0.4) is 0 Å². The van der Waals surface area contributed by atoms with E-state index in [4.69, 9.17) is 9.47 Å². The molecule has 0 aliphatic carbocycles. The molecule has 0 spiro atoms. The van der Waals surface area contributed by atoms with Crippen LogP contribution in [0.1, 0.15) is 17.5 Å². The van der Waals surface area contributed by atoms with Crippen LogP contribution in [0.2, 0.25) is 0 Å². The quantitative estimate of drug-likeness (QED) is 0.597. The van der Waals surface area contributed by atoms with Crippen molar-refractivity contribution >= 4 is 12.0 Å². The lowest BCUT2D eigenvalue weighted by atomic mass is 10.2. The SMILES string of the molecule is Cc1ccccc1OCC(O)CCOC(=O)/C=C/c1ccccc1. The number of rotatable bonds is 8. The molecule has 0 aromatic heterocycles. The Balaban J connectivity index is 1.65. The molecule has 0 aliphatic heterocycles. The predicted molar refractivity (Wildman–Crippen MR) is 93.7 cm³/mol. The summed E-state index contributed by atoms with van der Waals surface area (Å²) in [6.07, 6.45) is 2.72. The fourth-order valence-electron chi connectivity index (χ4n) is 2.06. The van der Waals surface area contributed by atoms with Crippen molar-refractivity contribution < 1.29 is 19.4 Å². The Morgan fingerprint density at radius 1 is 1.12 bits per heavy atom. The molecule has 0 bridgehead atoms. The number of carbonyl (C=O) groups excluding carboxylic acids is 1. The molecule has 126 valence electrons. The Morgan fingerprint density at radius 3 is 2.58 bits per heavy atom. The molecule has 2 rings (SSSR count). The summed E-state index contributed by atoms with van der Waals surface area (Å²) in [5.41, 5.74) is 1.95. The van der Waals surface area contributed by atoms with Gasteiger partial charge in [0.15, 0.2) is 0 Å². The molecule has 1 N–H and O–H groups in total. The number of ether oxygens (including phenoxy) is 2. The Bertz CT molecular complexity index is 664. The summed E-state index contributed by atoms with van der Waals surface area (Å²) < 4.78 is 10.6. The van der Waals surface area contributed by atoms with E-state index >= 15 is 0 Å². The molecule has 1 unspecified atom stereocenters. The van der Waals surface area contributed by atoms with Gasteiger partial charge in [-0.3, -0.25) is 0 Å². The zero-order chi connectivity index (χ0) is 17.2. The topological polar surface area (TPSA) is 55.8 Å². The van der Waals surface area contributed by atoms with Gasteiger partial charge < -0.3 is 14.6 Å². The summed E-state index contributed by atoms with van der Waals surface area (Å²) in [5.74, 6) is 0.324. The lowest BCUT2D eigenvalue weighted by Crippen LogP contribution is -2.20. The van der Waals surface area contributed by atoms with Crippen LogP contribution in [0.5, 0.6) is 5.75 Å². The highest BCUT2D eigenvalue weighted by Crippen LogP contribution is 2.16. The molecule has 2 aromatic carbocycles. The van der Waals surface area contributed by atoms with Gasteiger partial charge in [0.05, 0.1) is 12.7 Å². The van der Waals surface area contributed by atoms with Gasteiger partial charge >= 0.3 is 5.97 Å². The summed E-state index contributed by atoms with van der Waals surface area (Å²) in [4.78, 5) is 11.6. The van der Waals surface area contributed by atoms with E-state index in [-0.39, 0.29) is 13.2 Å². The first kappa shape index (κ1) is 17.8. The monoisotopic (exact) mass is 326 g/mol. The van der Waals surface area contributed by atoms with Crippen LogP contribution in [0, 0.1) is 6.92 Å². The summed E-state index contributed by atoms with van der Waals surface area (Å²) in [7, 11) is 0. The van der Waals surface area contributed by atoms with E-state index in [1.807, 2.05) is 61.5 Å². The van der Waals surface area contributed by atoms with Crippen molar-refractivity contribution in [2.75, 3.05) is 13.2 Å². The fourth-order valence-corrected chi connectivity index (χ4v) is 2.06. The van der Waals surface area contributed by atoms with E-state index < -0.39 is 12.1 Å². The first-order valence-corrected chi connectivity index (χ1v) is 7.91. The Morgan fingerprint density at radius 2 is 1.83 bits per heavy atom. The smallest absolute Gasteiger partial charge is 0.330 e. The van der Waals surface area contributed by atoms with E-state index in [2.05, 4.69) is 0 Å². The average molecular weight is 326 g/mol. The first-order chi connectivity index (χ1) is 11.6. The van der Waals surface area contributed by atoms with E-state index in [9.17, 15) is 9.90 Å². The third-order valence-corrected chi connectivity index (χ3v) is 3.43. The summed E-state index contributed by atoms with van der Waals surface area (Å²) in [6.45, 7) is 2.26. The van der Waals surface area contributed by atoms with Crippen LogP contribution in [-0.4, -0.2) is 30.4 Å². The summed E-state index contributed by atoms with van der Waals surface area (Å²) >= 11 is 0. The first-order valence-electron chi connectivity index (χ1n) is 7.91. The highest BCUT2D eigenvalue weighted by Gasteiger charge is 2.08. The van der Waals surface area contributed by atoms with Crippen molar-refractivity contribution in [2.24, 2.45) is 0 Å². The molecule has 0 saturated heterocycles. The lowest BCUT2D eigenvalue weighted by Gasteiger charge is -2.13. The van der Waals surface area contributed by atoms with Crippen molar-refractivity contribution in [1.29, 1.82) is 0 Å². The third-order valence-electron chi connectivity index (χ3n) is 3.43. The van der Waals surface area contributed by atoms with E-state index in [1.54, 1.807) is 6.08 Å². The lowest BCUT2D eigenvalue weighted by molar-refractivity contribution is -0.138. The zero-order valence-corrected chi connectivity index (χ0v) is 13.7. The van der Waals surface area contributed by atoms with Gasteiger partial charge in [-0.1, -0.05) is 48.5 Å². The Hall–Kier alpha value is -2.59. The number of hydrogen-bond donors (Lipinski definition) is 1. The molecule has 2 aromatic rings. The van der Waals surface area contributed by atoms with E-state index in [1.165, 1.54) is 6.08 Å². The molecule has 1 atom stereocenters. The van der Waals surface area contributed by atoms with Crippen LogP contribution in [0.25, 0.3) is 6.08 Å². The number of aliphatic hydroxyl groups excluding tert-OH is 1. The fraction of sp³-hybridized carbons (Fsp3) is 0.250. The van der Waals surface area contributed by atoms with Gasteiger partial charge in [-0.2, -0.15) is 0 Å². The van der Waals surface area contributed by atoms with Gasteiger partial charge in [0.2, 0.25) is 0 Å². The number of para-hydroxylation sites is 1. The standard InChI is InChI=1S/C20H22O4/c1-16-7-5-6-10-19(16)24-15-18(21)13-14-23-20(22)12-11-17-8-3-2-4-9-17/h2-12,18,21H,13-15H2,1H3/b12-11+. The van der Waals surface area contributed by atoms with Crippen molar-refractivity contribution in [3.05, 3.63) is 71.8 Å². The maximum Gasteiger partial charge on any atom is 0.330 e. The minimum atomic E-state index is -0.685. The van der Waals surface area contributed by atoms with Crippen LogP contribution < -0.4 is 4.74 Å². The van der Waals surface area contributed by atoms with Crippen molar-refractivity contribution in [3.63, 3.8) is 0 Å². The molecule has 0 fully saturated rings. The van der Waals surface area contributed by atoms with Crippen molar-refractivity contribution in [2.45, 2.75) is 19.4 Å². The number of hydrogen-bond acceptors (Lipinski definition) is 4. The van der Waals surface area contributed by atoms with Crippen molar-refractivity contribution in [1.82, 2.24) is 0 Å². The second-order valence-electron chi connectivity index (χ2n) is 5.43. The molecular weight excluding hydrogens is 304 g/mol. The molecule has 0 heterocycles. The maximum absolute atomic E-state index is 11.6. The number of benzene rings is 2. The highest BCUT2D eigenvalue weighted by atomic mass is 16.5. The van der Waals surface area contributed by atoms with E-state index in [0.717, 1.165) is 16.9 Å².